The predicted molar refractivity (Wildman–Crippen MR) is 124 cm³/mol. The molecule has 0 N–H and O–H groups in total. The van der Waals surface area contributed by atoms with Gasteiger partial charge in [-0.15, -0.1) is 0 Å². The van der Waals surface area contributed by atoms with Crippen LogP contribution in [0.15, 0.2) is 77.7 Å². The summed E-state index contributed by atoms with van der Waals surface area (Å²) in [6.45, 7) is 0.850. The van der Waals surface area contributed by atoms with Gasteiger partial charge in [0.1, 0.15) is 11.5 Å². The third-order valence-corrected chi connectivity index (χ3v) is 6.02. The van der Waals surface area contributed by atoms with E-state index in [4.69, 9.17) is 9.15 Å². The first kappa shape index (κ1) is 23.2. The van der Waals surface area contributed by atoms with Crippen molar-refractivity contribution < 1.29 is 23.5 Å². The molecule has 8 heteroatoms. The van der Waals surface area contributed by atoms with Crippen molar-refractivity contribution in [1.82, 2.24) is 14.8 Å². The molecule has 4 rings (SSSR count). The van der Waals surface area contributed by atoms with E-state index in [-0.39, 0.29) is 43.7 Å². The maximum atomic E-state index is 13.6. The highest BCUT2D eigenvalue weighted by Crippen LogP contribution is 2.40. The molecule has 1 atom stereocenters. The lowest BCUT2D eigenvalue weighted by Crippen LogP contribution is -2.43. The van der Waals surface area contributed by atoms with Crippen LogP contribution in [0.5, 0.6) is 5.75 Å². The standard InChI is InChI=1S/C26H27N3O5/c1-28(19-22-11-6-14-34-22)23(30)16-26(20-8-3-2-4-9-20)17-24(31)29(25(26)32)13-7-15-33-21-10-5-12-27-18-21/h2-6,8-12,14,18H,7,13,15-17,19H2,1H3/t26-/m0/s1. The van der Waals surface area contributed by atoms with E-state index in [0.29, 0.717) is 30.1 Å². The number of amides is 3. The van der Waals surface area contributed by atoms with E-state index in [2.05, 4.69) is 4.98 Å². The van der Waals surface area contributed by atoms with Crippen LogP contribution < -0.4 is 4.74 Å². The zero-order valence-electron chi connectivity index (χ0n) is 19.1. The average Bonchev–Trinajstić information content (AvgIpc) is 3.45. The van der Waals surface area contributed by atoms with E-state index in [1.165, 1.54) is 9.80 Å². The van der Waals surface area contributed by atoms with Crippen LogP contribution in [0.3, 0.4) is 0 Å². The molecule has 0 aliphatic carbocycles. The lowest BCUT2D eigenvalue weighted by Gasteiger charge is -2.29. The summed E-state index contributed by atoms with van der Waals surface area (Å²) in [5.74, 6) is 0.420. The topological polar surface area (TPSA) is 93.0 Å². The molecule has 2 aromatic heterocycles. The van der Waals surface area contributed by atoms with Gasteiger partial charge in [0, 0.05) is 32.6 Å². The largest absolute Gasteiger partial charge is 0.492 e. The van der Waals surface area contributed by atoms with E-state index in [1.807, 2.05) is 18.2 Å². The van der Waals surface area contributed by atoms with Crippen LogP contribution in [-0.4, -0.2) is 52.7 Å². The molecule has 0 spiro atoms. The molecule has 3 aromatic rings. The number of ether oxygens (including phenoxy) is 1. The number of aromatic nitrogens is 1. The van der Waals surface area contributed by atoms with Gasteiger partial charge >= 0.3 is 0 Å². The van der Waals surface area contributed by atoms with Gasteiger partial charge < -0.3 is 14.1 Å². The number of furan rings is 1. The fraction of sp³-hybridized carbons (Fsp3) is 0.308. The number of hydrogen-bond acceptors (Lipinski definition) is 6. The molecule has 0 radical (unpaired) electrons. The third kappa shape index (κ3) is 5.01. The second kappa shape index (κ2) is 10.3. The van der Waals surface area contributed by atoms with Crippen molar-refractivity contribution in [2.75, 3.05) is 20.2 Å². The number of benzene rings is 1. The maximum Gasteiger partial charge on any atom is 0.240 e. The Labute approximate surface area is 198 Å². The van der Waals surface area contributed by atoms with Gasteiger partial charge in [0.05, 0.1) is 31.0 Å². The number of likely N-dealkylation sites (tertiary alicyclic amines) is 1. The van der Waals surface area contributed by atoms with Crippen molar-refractivity contribution in [3.63, 3.8) is 0 Å². The molecule has 3 amide bonds. The summed E-state index contributed by atoms with van der Waals surface area (Å²) in [5.41, 5.74) is -0.556. The molecule has 1 aromatic carbocycles. The second-order valence-electron chi connectivity index (χ2n) is 8.37. The van der Waals surface area contributed by atoms with Crippen LogP contribution in [0.4, 0.5) is 0 Å². The maximum absolute atomic E-state index is 13.6. The smallest absolute Gasteiger partial charge is 0.240 e. The van der Waals surface area contributed by atoms with Crippen molar-refractivity contribution in [2.45, 2.75) is 31.2 Å². The monoisotopic (exact) mass is 461 g/mol. The third-order valence-electron chi connectivity index (χ3n) is 6.02. The summed E-state index contributed by atoms with van der Waals surface area (Å²) in [4.78, 5) is 46.5. The van der Waals surface area contributed by atoms with Gasteiger partial charge in [-0.2, -0.15) is 0 Å². The first-order chi connectivity index (χ1) is 16.5. The van der Waals surface area contributed by atoms with Crippen LogP contribution in [0, 0.1) is 0 Å². The normalized spacial score (nSPS) is 17.7. The molecule has 34 heavy (non-hydrogen) atoms. The first-order valence-corrected chi connectivity index (χ1v) is 11.2. The lowest BCUT2D eigenvalue weighted by atomic mass is 9.75. The Kier molecular flexibility index (Phi) is 7.06. The number of imide groups is 1. The first-order valence-electron chi connectivity index (χ1n) is 11.2. The summed E-state index contributed by atoms with van der Waals surface area (Å²) in [6, 6.07) is 16.2. The molecular formula is C26H27N3O5. The molecule has 3 heterocycles. The lowest BCUT2D eigenvalue weighted by molar-refractivity contribution is -0.142. The molecule has 1 saturated heterocycles. The van der Waals surface area contributed by atoms with Gasteiger partial charge in [-0.05, 0) is 36.2 Å². The Bertz CT molecular complexity index is 1120. The van der Waals surface area contributed by atoms with Gasteiger partial charge in [0.25, 0.3) is 0 Å². The van der Waals surface area contributed by atoms with E-state index in [1.54, 1.807) is 62.1 Å². The molecule has 1 aliphatic heterocycles. The highest BCUT2D eigenvalue weighted by Gasteiger charge is 2.53. The fourth-order valence-electron chi connectivity index (χ4n) is 4.21. The molecule has 0 saturated carbocycles. The average molecular weight is 462 g/mol. The van der Waals surface area contributed by atoms with E-state index in [9.17, 15) is 14.4 Å². The Morgan fingerprint density at radius 3 is 2.68 bits per heavy atom. The summed E-state index contributed by atoms with van der Waals surface area (Å²) < 4.78 is 11.0. The summed E-state index contributed by atoms with van der Waals surface area (Å²) in [6.07, 6.45) is 5.15. The van der Waals surface area contributed by atoms with E-state index >= 15 is 0 Å². The SMILES string of the molecule is CN(Cc1ccco1)C(=O)C[C@@]1(c2ccccc2)CC(=O)N(CCCOc2cccnc2)C1=O. The molecule has 8 nitrogen and oxygen atoms in total. The van der Waals surface area contributed by atoms with Crippen LogP contribution in [0.1, 0.15) is 30.6 Å². The van der Waals surface area contributed by atoms with Gasteiger partial charge in [-0.1, -0.05) is 30.3 Å². The highest BCUT2D eigenvalue weighted by molar-refractivity contribution is 6.10. The summed E-state index contributed by atoms with van der Waals surface area (Å²) >= 11 is 0. The van der Waals surface area contributed by atoms with Crippen molar-refractivity contribution >= 4 is 17.7 Å². The molecule has 0 bridgehead atoms. The van der Waals surface area contributed by atoms with Gasteiger partial charge in [-0.3, -0.25) is 24.3 Å². The highest BCUT2D eigenvalue weighted by atomic mass is 16.5. The number of carbonyl (C=O) groups excluding carboxylic acids is 3. The van der Waals surface area contributed by atoms with Crippen LogP contribution >= 0.6 is 0 Å². The number of pyridine rings is 1. The Morgan fingerprint density at radius 2 is 1.97 bits per heavy atom. The van der Waals surface area contributed by atoms with Crippen molar-refractivity contribution in [1.29, 1.82) is 0 Å². The van der Waals surface area contributed by atoms with Crippen LogP contribution in [0.25, 0.3) is 0 Å². The molecular weight excluding hydrogens is 434 g/mol. The zero-order chi connectivity index (χ0) is 24.0. The number of carbonyl (C=O) groups is 3. The number of rotatable bonds is 10. The Hall–Kier alpha value is -3.94. The Balaban J connectivity index is 1.47. The van der Waals surface area contributed by atoms with Crippen molar-refractivity contribution in [2.24, 2.45) is 0 Å². The van der Waals surface area contributed by atoms with Crippen LogP contribution in [-0.2, 0) is 26.3 Å². The summed E-state index contributed by atoms with van der Waals surface area (Å²) in [5, 5.41) is 0. The molecule has 176 valence electrons. The molecule has 1 aliphatic rings. The molecule has 0 unspecified atom stereocenters. The van der Waals surface area contributed by atoms with E-state index in [0.717, 1.165) is 0 Å². The summed E-state index contributed by atoms with van der Waals surface area (Å²) in [7, 11) is 1.67. The van der Waals surface area contributed by atoms with Crippen molar-refractivity contribution in [3.8, 4) is 5.75 Å². The fourth-order valence-corrected chi connectivity index (χ4v) is 4.21. The minimum atomic E-state index is -1.23. The van der Waals surface area contributed by atoms with Crippen LogP contribution in [0.2, 0.25) is 0 Å². The van der Waals surface area contributed by atoms with Gasteiger partial charge in [0.2, 0.25) is 17.7 Å². The predicted octanol–water partition coefficient (Wildman–Crippen LogP) is 3.19. The quantitative estimate of drug-likeness (QED) is 0.340. The Morgan fingerprint density at radius 1 is 1.15 bits per heavy atom. The number of nitrogens with zero attached hydrogens (tertiary/aromatic N) is 3. The second-order valence-corrected chi connectivity index (χ2v) is 8.37. The minimum Gasteiger partial charge on any atom is -0.492 e. The zero-order valence-corrected chi connectivity index (χ0v) is 19.1. The number of hydrogen-bond donors (Lipinski definition) is 0. The van der Waals surface area contributed by atoms with Gasteiger partial charge in [-0.25, -0.2) is 0 Å². The molecule has 1 fully saturated rings. The van der Waals surface area contributed by atoms with E-state index < -0.39 is 5.41 Å². The van der Waals surface area contributed by atoms with Crippen molar-refractivity contribution in [3.05, 3.63) is 84.6 Å². The van der Waals surface area contributed by atoms with Gasteiger partial charge in [0.15, 0.2) is 0 Å². The minimum absolute atomic E-state index is 0.0420.